The Bertz CT molecular complexity index is 1130. The zero-order chi connectivity index (χ0) is 22.2. The number of aromatic nitrogens is 1. The van der Waals surface area contributed by atoms with Crippen LogP contribution < -0.4 is 15.6 Å². The first-order chi connectivity index (χ1) is 15.0. The monoisotopic (exact) mass is 420 g/mol. The number of pyridine rings is 1. The number of anilines is 1. The molecule has 162 valence electrons. The number of methoxy groups -OCH3 is 1. The minimum Gasteiger partial charge on any atom is -0.500 e. The number of fused-ring (bicyclic) bond motifs is 1. The molecule has 0 radical (unpaired) electrons. The van der Waals surface area contributed by atoms with E-state index in [9.17, 15) is 14.7 Å². The summed E-state index contributed by atoms with van der Waals surface area (Å²) in [5.41, 5.74) is 1.61. The van der Waals surface area contributed by atoms with Crippen molar-refractivity contribution in [1.82, 2.24) is 4.57 Å². The molecule has 3 rings (SSSR count). The van der Waals surface area contributed by atoms with Crippen molar-refractivity contribution in [3.8, 4) is 11.5 Å². The molecule has 2 aromatic carbocycles. The molecule has 3 aromatic rings. The number of unbranched alkanes of at least 4 members (excludes halogenated alkanes) is 3. The normalized spacial score (nSPS) is 11.2. The van der Waals surface area contributed by atoms with Crippen molar-refractivity contribution in [3.63, 3.8) is 0 Å². The molecular formula is C25H28N2O4. The molecule has 0 spiro atoms. The topological polar surface area (TPSA) is 80.6 Å². The fraction of sp³-hybridized carbons (Fsp3) is 0.280. The van der Waals surface area contributed by atoms with Gasteiger partial charge in [0, 0.05) is 23.7 Å². The number of hydrogen-bond acceptors (Lipinski definition) is 4. The Hall–Kier alpha value is -3.54. The summed E-state index contributed by atoms with van der Waals surface area (Å²) in [6.07, 6.45) is 7.21. The lowest BCUT2D eigenvalue weighted by Gasteiger charge is -2.15. The van der Waals surface area contributed by atoms with E-state index in [1.54, 1.807) is 28.8 Å². The number of benzene rings is 2. The number of nitrogens with one attached hydrogen (secondary N) is 1. The van der Waals surface area contributed by atoms with E-state index < -0.39 is 11.3 Å². The SMILES string of the molecule is CCCCCCn1c(=O)c(O)c(OC)c2ccc(NC(=O)/C=C/c3ccccc3)cc21. The van der Waals surface area contributed by atoms with Crippen LogP contribution in [0.3, 0.4) is 0 Å². The Morgan fingerprint density at radius 3 is 2.61 bits per heavy atom. The molecule has 0 saturated heterocycles. The van der Waals surface area contributed by atoms with Gasteiger partial charge in [0.15, 0.2) is 5.75 Å². The zero-order valence-electron chi connectivity index (χ0n) is 17.9. The predicted octanol–water partition coefficient (Wildman–Crippen LogP) is 4.95. The van der Waals surface area contributed by atoms with Gasteiger partial charge in [-0.25, -0.2) is 0 Å². The number of carbonyl (C=O) groups excluding carboxylic acids is 1. The highest BCUT2D eigenvalue weighted by Crippen LogP contribution is 2.33. The molecule has 1 amide bonds. The lowest BCUT2D eigenvalue weighted by molar-refractivity contribution is -0.111. The number of amides is 1. The first-order valence-corrected chi connectivity index (χ1v) is 10.5. The number of hydrogen-bond donors (Lipinski definition) is 2. The van der Waals surface area contributed by atoms with Crippen molar-refractivity contribution in [2.75, 3.05) is 12.4 Å². The fourth-order valence-corrected chi connectivity index (χ4v) is 3.53. The summed E-state index contributed by atoms with van der Waals surface area (Å²) in [5.74, 6) is -0.523. The second kappa shape index (κ2) is 10.5. The molecule has 0 unspecified atom stereocenters. The first kappa shape index (κ1) is 22.2. The van der Waals surface area contributed by atoms with Gasteiger partial charge in [-0.3, -0.25) is 9.59 Å². The first-order valence-electron chi connectivity index (χ1n) is 10.5. The van der Waals surface area contributed by atoms with Crippen LogP contribution in [0.25, 0.3) is 17.0 Å². The van der Waals surface area contributed by atoms with E-state index in [1.807, 2.05) is 30.3 Å². The summed E-state index contributed by atoms with van der Waals surface area (Å²) in [7, 11) is 1.42. The van der Waals surface area contributed by atoms with Crippen LogP contribution in [0.5, 0.6) is 11.5 Å². The molecule has 1 aromatic heterocycles. The van der Waals surface area contributed by atoms with Gasteiger partial charge in [-0.15, -0.1) is 0 Å². The van der Waals surface area contributed by atoms with Crippen molar-refractivity contribution in [1.29, 1.82) is 0 Å². The van der Waals surface area contributed by atoms with E-state index in [0.29, 0.717) is 23.1 Å². The van der Waals surface area contributed by atoms with Gasteiger partial charge in [0.05, 0.1) is 12.6 Å². The summed E-state index contributed by atoms with van der Waals surface area (Å²) in [4.78, 5) is 25.1. The van der Waals surface area contributed by atoms with Gasteiger partial charge in [0.25, 0.3) is 5.56 Å². The van der Waals surface area contributed by atoms with E-state index in [0.717, 1.165) is 31.2 Å². The summed E-state index contributed by atoms with van der Waals surface area (Å²) < 4.78 is 6.84. The number of aromatic hydroxyl groups is 1. The third-order valence-corrected chi connectivity index (χ3v) is 5.13. The molecule has 1 heterocycles. The third kappa shape index (κ3) is 5.34. The number of ether oxygens (including phenoxy) is 1. The van der Waals surface area contributed by atoms with Crippen LogP contribution in [0.2, 0.25) is 0 Å². The van der Waals surface area contributed by atoms with Gasteiger partial charge in [-0.05, 0) is 36.3 Å². The van der Waals surface area contributed by atoms with Gasteiger partial charge in [0.1, 0.15) is 0 Å². The molecular weight excluding hydrogens is 392 g/mol. The molecule has 0 atom stereocenters. The van der Waals surface area contributed by atoms with Crippen LogP contribution in [0, 0.1) is 0 Å². The maximum Gasteiger partial charge on any atom is 0.297 e. The second-order valence-corrected chi connectivity index (χ2v) is 7.36. The Morgan fingerprint density at radius 1 is 1.13 bits per heavy atom. The van der Waals surface area contributed by atoms with E-state index in [2.05, 4.69) is 12.2 Å². The van der Waals surface area contributed by atoms with Crippen LogP contribution in [-0.4, -0.2) is 22.7 Å². The van der Waals surface area contributed by atoms with Crippen LogP contribution in [-0.2, 0) is 11.3 Å². The van der Waals surface area contributed by atoms with Crippen molar-refractivity contribution >= 4 is 28.6 Å². The molecule has 2 N–H and O–H groups in total. The van der Waals surface area contributed by atoms with E-state index in [4.69, 9.17) is 4.74 Å². The minimum atomic E-state index is -0.492. The molecule has 6 nitrogen and oxygen atoms in total. The standard InChI is InChI=1S/C25H28N2O4/c1-3-4-5-9-16-27-21-17-19(13-14-20(21)24(31-2)23(29)25(27)30)26-22(28)15-12-18-10-7-6-8-11-18/h6-8,10-15,17,29H,3-5,9,16H2,1-2H3,(H,26,28)/b15-12+. The fourth-order valence-electron chi connectivity index (χ4n) is 3.53. The summed E-state index contributed by atoms with van der Waals surface area (Å²) in [5, 5.41) is 13.8. The van der Waals surface area contributed by atoms with Crippen LogP contribution in [0.15, 0.2) is 59.4 Å². The van der Waals surface area contributed by atoms with Gasteiger partial charge in [-0.2, -0.15) is 0 Å². The van der Waals surface area contributed by atoms with Crippen molar-refractivity contribution in [3.05, 3.63) is 70.5 Å². The predicted molar refractivity (Wildman–Crippen MR) is 125 cm³/mol. The average Bonchev–Trinajstić information content (AvgIpc) is 2.79. The second-order valence-electron chi connectivity index (χ2n) is 7.36. The molecule has 0 aliphatic carbocycles. The van der Waals surface area contributed by atoms with Crippen molar-refractivity contribution in [2.24, 2.45) is 0 Å². The Kier molecular flexibility index (Phi) is 7.49. The number of rotatable bonds is 9. The quantitative estimate of drug-likeness (QED) is 0.379. The highest BCUT2D eigenvalue weighted by atomic mass is 16.5. The van der Waals surface area contributed by atoms with Crippen molar-refractivity contribution in [2.45, 2.75) is 39.2 Å². The molecule has 0 aliphatic rings. The number of nitrogens with zero attached hydrogens (tertiary/aromatic N) is 1. The lowest BCUT2D eigenvalue weighted by atomic mass is 10.1. The molecule has 0 bridgehead atoms. The van der Waals surface area contributed by atoms with Crippen molar-refractivity contribution < 1.29 is 14.6 Å². The zero-order valence-corrected chi connectivity index (χ0v) is 17.9. The lowest BCUT2D eigenvalue weighted by Crippen LogP contribution is -2.21. The smallest absolute Gasteiger partial charge is 0.297 e. The average molecular weight is 421 g/mol. The molecule has 0 saturated carbocycles. The van der Waals surface area contributed by atoms with E-state index >= 15 is 0 Å². The number of carbonyl (C=O) groups is 1. The summed E-state index contributed by atoms with van der Waals surface area (Å²) >= 11 is 0. The van der Waals surface area contributed by atoms with Gasteiger partial charge < -0.3 is 19.7 Å². The molecule has 6 heteroatoms. The van der Waals surface area contributed by atoms with Gasteiger partial charge >= 0.3 is 0 Å². The van der Waals surface area contributed by atoms with Crippen LogP contribution in [0.1, 0.15) is 38.2 Å². The van der Waals surface area contributed by atoms with Crippen LogP contribution in [0.4, 0.5) is 5.69 Å². The number of aryl methyl sites for hydroxylation is 1. The Labute approximate surface area is 181 Å². The largest absolute Gasteiger partial charge is 0.500 e. The van der Waals surface area contributed by atoms with Gasteiger partial charge in [0.2, 0.25) is 11.7 Å². The van der Waals surface area contributed by atoms with Crippen LogP contribution >= 0.6 is 0 Å². The molecule has 0 fully saturated rings. The highest BCUT2D eigenvalue weighted by Gasteiger charge is 2.17. The highest BCUT2D eigenvalue weighted by molar-refractivity contribution is 6.03. The Balaban J connectivity index is 1.91. The van der Waals surface area contributed by atoms with E-state index in [-0.39, 0.29) is 11.7 Å². The summed E-state index contributed by atoms with van der Waals surface area (Å²) in [6.45, 7) is 2.61. The summed E-state index contributed by atoms with van der Waals surface area (Å²) in [6, 6.07) is 14.8. The Morgan fingerprint density at radius 2 is 1.90 bits per heavy atom. The minimum absolute atomic E-state index is 0.145. The maximum atomic E-state index is 12.8. The third-order valence-electron chi connectivity index (χ3n) is 5.13. The molecule has 0 aliphatic heterocycles. The van der Waals surface area contributed by atoms with E-state index in [1.165, 1.54) is 13.2 Å². The molecule has 31 heavy (non-hydrogen) atoms. The maximum absolute atomic E-state index is 12.8. The van der Waals surface area contributed by atoms with Gasteiger partial charge in [-0.1, -0.05) is 56.5 Å².